The summed E-state index contributed by atoms with van der Waals surface area (Å²) in [5.74, 6) is 0.00255. The first kappa shape index (κ1) is 15.2. The number of carbonyl (C=O) groups is 2. The van der Waals surface area contributed by atoms with Crippen molar-refractivity contribution >= 4 is 11.8 Å². The number of ketones is 1. The van der Waals surface area contributed by atoms with Crippen molar-refractivity contribution in [2.45, 2.75) is 38.5 Å². The van der Waals surface area contributed by atoms with Crippen molar-refractivity contribution in [1.29, 1.82) is 0 Å². The minimum absolute atomic E-state index is 0.127. The normalized spacial score (nSPS) is 21.2. The molecule has 0 radical (unpaired) electrons. The fourth-order valence-corrected chi connectivity index (χ4v) is 3.88. The van der Waals surface area contributed by atoms with Crippen LogP contribution in [0.5, 0.6) is 5.75 Å². The molecule has 24 heavy (non-hydrogen) atoms. The molecule has 2 heterocycles. The Morgan fingerprint density at radius 3 is 2.50 bits per heavy atom. The standard InChI is InChI=1S/C19H21NO4/c1-23-19(22)16(20-8-3-2-4-9-20)18-17(21)14-10-12-6-5-7-13(12)11-15(14)24-18/h10-11H,2-9H2,1H3. The Morgan fingerprint density at radius 1 is 1.08 bits per heavy atom. The van der Waals surface area contributed by atoms with E-state index in [-0.39, 0.29) is 17.2 Å². The number of piperidine rings is 1. The topological polar surface area (TPSA) is 55.8 Å². The Labute approximate surface area is 141 Å². The van der Waals surface area contributed by atoms with Gasteiger partial charge in [0.05, 0.1) is 12.7 Å². The molecule has 3 aliphatic rings. The number of Topliss-reactive ketones (excluding diaryl/α,β-unsaturated/α-hetero) is 1. The number of hydrogen-bond acceptors (Lipinski definition) is 5. The molecule has 0 spiro atoms. The van der Waals surface area contributed by atoms with E-state index in [9.17, 15) is 9.59 Å². The van der Waals surface area contributed by atoms with E-state index in [2.05, 4.69) is 0 Å². The summed E-state index contributed by atoms with van der Waals surface area (Å²) in [5.41, 5.74) is 3.33. The molecule has 1 aromatic carbocycles. The van der Waals surface area contributed by atoms with E-state index in [0.717, 1.165) is 51.6 Å². The monoisotopic (exact) mass is 327 g/mol. The van der Waals surface area contributed by atoms with Gasteiger partial charge in [0.1, 0.15) is 5.75 Å². The van der Waals surface area contributed by atoms with Crippen LogP contribution in [0.15, 0.2) is 23.6 Å². The zero-order valence-electron chi connectivity index (χ0n) is 13.9. The Morgan fingerprint density at radius 2 is 1.79 bits per heavy atom. The lowest BCUT2D eigenvalue weighted by Gasteiger charge is -2.29. The fraction of sp³-hybridized carbons (Fsp3) is 0.474. The van der Waals surface area contributed by atoms with E-state index in [1.165, 1.54) is 18.2 Å². The summed E-state index contributed by atoms with van der Waals surface area (Å²) in [4.78, 5) is 27.2. The molecule has 0 aromatic heterocycles. The molecule has 5 nitrogen and oxygen atoms in total. The van der Waals surface area contributed by atoms with E-state index < -0.39 is 5.97 Å². The van der Waals surface area contributed by atoms with Crippen molar-refractivity contribution in [2.75, 3.05) is 20.2 Å². The van der Waals surface area contributed by atoms with Crippen molar-refractivity contribution in [3.05, 3.63) is 40.3 Å². The third kappa shape index (κ3) is 2.39. The van der Waals surface area contributed by atoms with Gasteiger partial charge in [-0.15, -0.1) is 0 Å². The quantitative estimate of drug-likeness (QED) is 0.617. The second-order valence-corrected chi connectivity index (χ2v) is 6.62. The number of methoxy groups -OCH3 is 1. The van der Waals surface area contributed by atoms with Gasteiger partial charge in [0.25, 0.3) is 0 Å². The van der Waals surface area contributed by atoms with E-state index in [1.54, 1.807) is 0 Å². The molecule has 0 unspecified atom stereocenters. The maximum absolute atomic E-state index is 12.9. The predicted molar refractivity (Wildman–Crippen MR) is 87.9 cm³/mol. The summed E-state index contributed by atoms with van der Waals surface area (Å²) in [6.45, 7) is 1.49. The lowest BCUT2D eigenvalue weighted by Crippen LogP contribution is -2.35. The SMILES string of the molecule is COC(=O)C(=C1Oc2cc3c(cc2C1=O)CCC3)N1CCCCC1. The highest BCUT2D eigenvalue weighted by atomic mass is 16.5. The molecule has 0 N–H and O–H groups in total. The Balaban J connectivity index is 1.76. The number of ether oxygens (including phenoxy) is 2. The van der Waals surface area contributed by atoms with Crippen LogP contribution < -0.4 is 4.74 Å². The van der Waals surface area contributed by atoms with Gasteiger partial charge < -0.3 is 14.4 Å². The van der Waals surface area contributed by atoms with Crippen LogP contribution in [-0.4, -0.2) is 36.9 Å². The van der Waals surface area contributed by atoms with Gasteiger partial charge in [-0.3, -0.25) is 4.79 Å². The van der Waals surface area contributed by atoms with E-state index in [1.807, 2.05) is 17.0 Å². The van der Waals surface area contributed by atoms with Gasteiger partial charge in [-0.05, 0) is 61.8 Å². The third-order valence-corrected chi connectivity index (χ3v) is 5.12. The van der Waals surface area contributed by atoms with Crippen molar-refractivity contribution < 1.29 is 19.1 Å². The third-order valence-electron chi connectivity index (χ3n) is 5.12. The van der Waals surface area contributed by atoms with Crippen molar-refractivity contribution in [2.24, 2.45) is 0 Å². The van der Waals surface area contributed by atoms with Gasteiger partial charge in [0, 0.05) is 13.1 Å². The van der Waals surface area contributed by atoms with Gasteiger partial charge in [-0.1, -0.05) is 0 Å². The van der Waals surface area contributed by atoms with Crippen molar-refractivity contribution in [3.8, 4) is 5.75 Å². The summed E-state index contributed by atoms with van der Waals surface area (Å²) in [6, 6.07) is 3.91. The lowest BCUT2D eigenvalue weighted by atomic mass is 10.0. The molecule has 5 heteroatoms. The smallest absolute Gasteiger partial charge is 0.358 e. The minimum Gasteiger partial charge on any atom is -0.464 e. The average molecular weight is 327 g/mol. The molecular formula is C19H21NO4. The predicted octanol–water partition coefficient (Wildman–Crippen LogP) is 2.62. The number of rotatable bonds is 2. The van der Waals surface area contributed by atoms with Crippen molar-refractivity contribution in [3.63, 3.8) is 0 Å². The van der Waals surface area contributed by atoms with Crippen LogP contribution in [-0.2, 0) is 22.4 Å². The van der Waals surface area contributed by atoms with Gasteiger partial charge in [0.2, 0.25) is 11.5 Å². The molecule has 1 aromatic rings. The first-order valence-corrected chi connectivity index (χ1v) is 8.65. The first-order chi connectivity index (χ1) is 11.7. The van der Waals surface area contributed by atoms with Gasteiger partial charge in [-0.2, -0.15) is 0 Å². The van der Waals surface area contributed by atoms with E-state index in [4.69, 9.17) is 9.47 Å². The van der Waals surface area contributed by atoms with Gasteiger partial charge >= 0.3 is 5.97 Å². The number of nitrogens with zero attached hydrogens (tertiary/aromatic N) is 1. The Hall–Kier alpha value is -2.30. The number of aryl methyl sites for hydroxylation is 2. The molecule has 2 aliphatic heterocycles. The molecule has 4 rings (SSSR count). The lowest BCUT2D eigenvalue weighted by molar-refractivity contribution is -0.138. The Kier molecular flexibility index (Phi) is 3.79. The maximum Gasteiger partial charge on any atom is 0.358 e. The molecule has 1 saturated heterocycles. The first-order valence-electron chi connectivity index (χ1n) is 8.65. The zero-order chi connectivity index (χ0) is 16.7. The van der Waals surface area contributed by atoms with E-state index >= 15 is 0 Å². The molecular weight excluding hydrogens is 306 g/mol. The molecule has 1 aliphatic carbocycles. The van der Waals surface area contributed by atoms with Crippen LogP contribution in [0, 0.1) is 0 Å². The van der Waals surface area contributed by atoms with Crippen LogP contribution in [0.1, 0.15) is 47.2 Å². The highest BCUT2D eigenvalue weighted by molar-refractivity contribution is 6.15. The maximum atomic E-state index is 12.9. The number of benzene rings is 1. The highest BCUT2D eigenvalue weighted by Gasteiger charge is 2.37. The summed E-state index contributed by atoms with van der Waals surface area (Å²) >= 11 is 0. The van der Waals surface area contributed by atoms with Crippen LogP contribution >= 0.6 is 0 Å². The van der Waals surface area contributed by atoms with Crippen molar-refractivity contribution in [1.82, 2.24) is 4.90 Å². The molecule has 0 atom stereocenters. The van der Waals surface area contributed by atoms with Crippen LogP contribution in [0.4, 0.5) is 0 Å². The second kappa shape index (κ2) is 5.96. The highest BCUT2D eigenvalue weighted by Crippen LogP contribution is 2.38. The van der Waals surface area contributed by atoms with Gasteiger partial charge in [-0.25, -0.2) is 4.79 Å². The summed E-state index contributed by atoms with van der Waals surface area (Å²) in [5, 5.41) is 0. The molecule has 0 amide bonds. The van der Waals surface area contributed by atoms with Crippen LogP contribution in [0.2, 0.25) is 0 Å². The molecule has 0 saturated carbocycles. The summed E-state index contributed by atoms with van der Waals surface area (Å²) in [6.07, 6.45) is 6.30. The van der Waals surface area contributed by atoms with Gasteiger partial charge in [0.15, 0.2) is 5.70 Å². The largest absolute Gasteiger partial charge is 0.464 e. The summed E-state index contributed by atoms with van der Waals surface area (Å²) in [7, 11) is 1.34. The molecule has 126 valence electrons. The number of allylic oxidation sites excluding steroid dienone is 1. The number of esters is 1. The minimum atomic E-state index is -0.499. The van der Waals surface area contributed by atoms with E-state index in [0.29, 0.717) is 11.3 Å². The number of fused-ring (bicyclic) bond motifs is 2. The second-order valence-electron chi connectivity index (χ2n) is 6.62. The average Bonchev–Trinajstić information content (AvgIpc) is 3.19. The number of hydrogen-bond donors (Lipinski definition) is 0. The van der Waals surface area contributed by atoms with Crippen LogP contribution in [0.25, 0.3) is 0 Å². The Bertz CT molecular complexity index is 744. The summed E-state index contributed by atoms with van der Waals surface area (Å²) < 4.78 is 10.8. The van der Waals surface area contributed by atoms with Crippen LogP contribution in [0.3, 0.4) is 0 Å². The molecule has 0 bridgehead atoms. The zero-order valence-corrected chi connectivity index (χ0v) is 13.9. The molecule has 1 fully saturated rings. The number of likely N-dealkylation sites (tertiary alicyclic amines) is 1. The fourth-order valence-electron chi connectivity index (χ4n) is 3.88. The number of carbonyl (C=O) groups excluding carboxylic acids is 2.